The van der Waals surface area contributed by atoms with Gasteiger partial charge in [0.2, 0.25) is 0 Å². The van der Waals surface area contributed by atoms with Gasteiger partial charge in [-0.15, -0.1) is 0 Å². The third kappa shape index (κ3) is 5.82. The molecule has 0 saturated carbocycles. The zero-order valence-corrected chi connectivity index (χ0v) is 26.2. The van der Waals surface area contributed by atoms with Crippen molar-refractivity contribution < 1.29 is 38.0 Å². The van der Waals surface area contributed by atoms with E-state index in [4.69, 9.17) is 28.4 Å². The van der Waals surface area contributed by atoms with Crippen molar-refractivity contribution in [2.75, 3.05) is 35.5 Å². The second-order valence-electron chi connectivity index (χ2n) is 10.6. The fourth-order valence-electron chi connectivity index (χ4n) is 5.55. The number of fused-ring (bicyclic) bond motifs is 1. The van der Waals surface area contributed by atoms with Crippen LogP contribution >= 0.6 is 0 Å². The molecule has 0 bridgehead atoms. The van der Waals surface area contributed by atoms with E-state index in [-0.39, 0.29) is 29.3 Å². The molecule has 43 heavy (non-hydrogen) atoms. The Bertz CT molecular complexity index is 1610. The lowest BCUT2D eigenvalue weighted by Crippen LogP contribution is -2.29. The first kappa shape index (κ1) is 31.2. The highest BCUT2D eigenvalue weighted by Gasteiger charge is 2.36. The molecule has 0 unspecified atom stereocenters. The predicted molar refractivity (Wildman–Crippen MR) is 167 cm³/mol. The highest BCUT2D eigenvalue weighted by atomic mass is 16.5. The number of rotatable bonds is 11. The van der Waals surface area contributed by atoms with E-state index in [0.29, 0.717) is 56.6 Å². The van der Waals surface area contributed by atoms with Gasteiger partial charge in [0, 0.05) is 23.1 Å². The standard InChI is InChI=1S/C35H38O8/c1-20-29(38-5)24(32(41-8)27(21(2)36)30(20)39-6)19-25-31(40-7)23-17-18-35(3,4)43-34(23)28(33(25)42-9)26(37)16-15-22-13-11-10-12-14-22/h10-18H,19H2,1-9H3/b16-15+. The molecule has 0 aliphatic carbocycles. The van der Waals surface area contributed by atoms with E-state index in [1.165, 1.54) is 34.3 Å². The van der Waals surface area contributed by atoms with Crippen LogP contribution < -0.4 is 28.4 Å². The van der Waals surface area contributed by atoms with Crippen LogP contribution in [0.15, 0.2) is 42.5 Å². The molecule has 0 amide bonds. The van der Waals surface area contributed by atoms with Crippen molar-refractivity contribution in [1.29, 1.82) is 0 Å². The summed E-state index contributed by atoms with van der Waals surface area (Å²) in [7, 11) is 7.58. The third-order valence-electron chi connectivity index (χ3n) is 7.39. The number of hydrogen-bond donors (Lipinski definition) is 0. The Morgan fingerprint density at radius 2 is 1.35 bits per heavy atom. The van der Waals surface area contributed by atoms with E-state index in [0.717, 1.165) is 5.56 Å². The van der Waals surface area contributed by atoms with Crippen LogP contribution in [0.3, 0.4) is 0 Å². The molecule has 0 spiro atoms. The number of ketones is 2. The molecular formula is C35H38O8. The van der Waals surface area contributed by atoms with Crippen molar-refractivity contribution in [1.82, 2.24) is 0 Å². The normalized spacial score (nSPS) is 13.2. The molecule has 226 valence electrons. The van der Waals surface area contributed by atoms with Gasteiger partial charge >= 0.3 is 0 Å². The Labute approximate surface area is 252 Å². The minimum absolute atomic E-state index is 0.136. The summed E-state index contributed by atoms with van der Waals surface area (Å²) in [6.07, 6.45) is 7.20. The van der Waals surface area contributed by atoms with Gasteiger partial charge < -0.3 is 28.4 Å². The fourth-order valence-corrected chi connectivity index (χ4v) is 5.55. The first-order valence-electron chi connectivity index (χ1n) is 13.8. The molecule has 8 nitrogen and oxygen atoms in total. The number of benzene rings is 3. The van der Waals surface area contributed by atoms with Gasteiger partial charge in [0.25, 0.3) is 0 Å². The van der Waals surface area contributed by atoms with Crippen molar-refractivity contribution >= 4 is 23.7 Å². The summed E-state index contributed by atoms with van der Waals surface area (Å²) in [5.41, 5.74) is 3.11. The minimum atomic E-state index is -0.682. The smallest absolute Gasteiger partial charge is 0.193 e. The zero-order valence-electron chi connectivity index (χ0n) is 26.2. The second kappa shape index (κ2) is 12.7. The lowest BCUT2D eigenvalue weighted by molar-refractivity contribution is 0.100. The van der Waals surface area contributed by atoms with Crippen LogP contribution in [0.4, 0.5) is 0 Å². The van der Waals surface area contributed by atoms with Crippen LogP contribution in [0.5, 0.6) is 34.5 Å². The molecule has 0 saturated heterocycles. The summed E-state index contributed by atoms with van der Waals surface area (Å²) in [5.74, 6) is 1.72. The highest BCUT2D eigenvalue weighted by Crippen LogP contribution is 2.51. The van der Waals surface area contributed by atoms with Crippen molar-refractivity contribution in [2.24, 2.45) is 0 Å². The van der Waals surface area contributed by atoms with Gasteiger partial charge in [0.1, 0.15) is 51.2 Å². The zero-order chi connectivity index (χ0) is 31.5. The third-order valence-corrected chi connectivity index (χ3v) is 7.39. The highest BCUT2D eigenvalue weighted by molar-refractivity contribution is 6.12. The summed E-state index contributed by atoms with van der Waals surface area (Å²) in [6.45, 7) is 7.09. The van der Waals surface area contributed by atoms with Crippen LogP contribution in [0.1, 0.15) is 69.3 Å². The number of methoxy groups -OCH3 is 5. The van der Waals surface area contributed by atoms with Gasteiger partial charge in [0.15, 0.2) is 11.6 Å². The summed E-state index contributed by atoms with van der Waals surface area (Å²) in [5, 5.41) is 0. The van der Waals surface area contributed by atoms with Crippen molar-refractivity contribution in [2.45, 2.75) is 39.7 Å². The predicted octanol–water partition coefficient (Wildman–Crippen LogP) is 6.91. The fraction of sp³-hybridized carbons (Fsp3) is 0.314. The van der Waals surface area contributed by atoms with E-state index in [9.17, 15) is 9.59 Å². The molecule has 0 fully saturated rings. The molecule has 0 radical (unpaired) electrons. The molecule has 1 aliphatic rings. The van der Waals surface area contributed by atoms with Gasteiger partial charge in [-0.05, 0) is 51.5 Å². The minimum Gasteiger partial charge on any atom is -0.496 e. The van der Waals surface area contributed by atoms with Crippen molar-refractivity contribution in [3.63, 3.8) is 0 Å². The van der Waals surface area contributed by atoms with Crippen LogP contribution in [0.25, 0.3) is 12.2 Å². The Kier molecular flexibility index (Phi) is 9.19. The number of ether oxygens (including phenoxy) is 6. The molecule has 0 aromatic heterocycles. The summed E-state index contributed by atoms with van der Waals surface area (Å²) >= 11 is 0. The molecule has 3 aromatic carbocycles. The molecule has 0 N–H and O–H groups in total. The SMILES string of the molecule is COc1c(C)c(OC)c(C(C)=O)c(OC)c1Cc1c(OC)c2c(c(C(=O)/C=C/c3ccccc3)c1OC)OC(C)(C)C=C2. The molecule has 0 atom stereocenters. The van der Waals surface area contributed by atoms with Crippen molar-refractivity contribution in [3.05, 3.63) is 81.4 Å². The second-order valence-corrected chi connectivity index (χ2v) is 10.6. The summed E-state index contributed by atoms with van der Waals surface area (Å²) < 4.78 is 35.6. The van der Waals surface area contributed by atoms with Gasteiger partial charge in [0.05, 0.1) is 41.1 Å². The summed E-state index contributed by atoms with van der Waals surface area (Å²) in [6, 6.07) is 9.55. The molecule has 1 heterocycles. The molecule has 4 rings (SSSR count). The number of allylic oxidation sites excluding steroid dienone is 1. The number of hydrogen-bond acceptors (Lipinski definition) is 8. The topological polar surface area (TPSA) is 89.5 Å². The van der Waals surface area contributed by atoms with Crippen molar-refractivity contribution in [3.8, 4) is 34.5 Å². The lowest BCUT2D eigenvalue weighted by atomic mass is 9.88. The summed E-state index contributed by atoms with van der Waals surface area (Å²) in [4.78, 5) is 26.9. The molecule has 8 heteroatoms. The quantitative estimate of drug-likeness (QED) is 0.177. The van der Waals surface area contributed by atoms with E-state index < -0.39 is 5.60 Å². The Morgan fingerprint density at radius 3 is 1.91 bits per heavy atom. The Hall–Kier alpha value is -4.72. The van der Waals surface area contributed by atoms with Crippen LogP contribution in [-0.4, -0.2) is 52.7 Å². The van der Waals surface area contributed by atoms with Crippen LogP contribution in [0, 0.1) is 6.92 Å². The Morgan fingerprint density at radius 1 is 0.791 bits per heavy atom. The van der Waals surface area contributed by atoms with E-state index in [1.54, 1.807) is 20.3 Å². The monoisotopic (exact) mass is 586 g/mol. The largest absolute Gasteiger partial charge is 0.496 e. The number of Topliss-reactive ketones (excluding diaryl/α,β-unsaturated/α-hetero) is 1. The molecule has 3 aromatic rings. The Balaban J connectivity index is 2.06. The van der Waals surface area contributed by atoms with Gasteiger partial charge in [-0.1, -0.05) is 36.4 Å². The van der Waals surface area contributed by atoms with E-state index in [2.05, 4.69) is 0 Å². The van der Waals surface area contributed by atoms with E-state index >= 15 is 0 Å². The van der Waals surface area contributed by atoms with E-state index in [1.807, 2.05) is 63.3 Å². The molecule has 1 aliphatic heterocycles. The average molecular weight is 587 g/mol. The van der Waals surface area contributed by atoms with Gasteiger partial charge in [-0.3, -0.25) is 9.59 Å². The number of carbonyl (C=O) groups is 2. The average Bonchev–Trinajstić information content (AvgIpc) is 2.99. The maximum absolute atomic E-state index is 14.0. The number of carbonyl (C=O) groups excluding carboxylic acids is 2. The maximum atomic E-state index is 14.0. The van der Waals surface area contributed by atoms with Gasteiger partial charge in [-0.2, -0.15) is 0 Å². The van der Waals surface area contributed by atoms with Crippen LogP contribution in [0.2, 0.25) is 0 Å². The first-order valence-corrected chi connectivity index (χ1v) is 13.8. The first-order chi connectivity index (χ1) is 20.5. The van der Waals surface area contributed by atoms with Crippen LogP contribution in [-0.2, 0) is 6.42 Å². The molecular weight excluding hydrogens is 548 g/mol. The maximum Gasteiger partial charge on any atom is 0.193 e. The lowest BCUT2D eigenvalue weighted by Gasteiger charge is -2.32. The van der Waals surface area contributed by atoms with Gasteiger partial charge in [-0.25, -0.2) is 0 Å².